The van der Waals surface area contributed by atoms with Gasteiger partial charge in [-0.2, -0.15) is 13.2 Å². The largest absolute Gasteiger partial charge is 0.479 e. The Morgan fingerprint density at radius 3 is 1.70 bits per heavy atom. The van der Waals surface area contributed by atoms with Gasteiger partial charge in [-0.05, 0) is 13.8 Å². The summed E-state index contributed by atoms with van der Waals surface area (Å²) >= 11 is 0. The predicted molar refractivity (Wildman–Crippen MR) is 32.1 cm³/mol. The molecular formula is C4H8F3NOS. The van der Waals surface area contributed by atoms with Crippen LogP contribution in [0.15, 0.2) is 0 Å². The molecule has 0 saturated carbocycles. The molecule has 0 heterocycles. The molecule has 0 aliphatic heterocycles. The molecule has 6 heteroatoms. The van der Waals surface area contributed by atoms with Crippen LogP contribution < -0.4 is 0 Å². The van der Waals surface area contributed by atoms with Crippen LogP contribution in [0.2, 0.25) is 0 Å². The highest BCUT2D eigenvalue weighted by Gasteiger charge is 2.43. The number of alkyl halides is 3. The molecule has 0 fully saturated rings. The highest BCUT2D eigenvalue weighted by molar-refractivity contribution is 7.93. The maximum Gasteiger partial charge on any atom is 0.479 e. The SMILES string of the molecule is CC(C)[S@@](=N)(=O)C(F)(F)F. The van der Waals surface area contributed by atoms with Crippen LogP contribution in [-0.2, 0) is 9.73 Å². The molecule has 1 N–H and O–H groups in total. The Balaban J connectivity index is 4.79. The number of nitrogens with one attached hydrogen (secondary N) is 1. The van der Waals surface area contributed by atoms with Crippen molar-refractivity contribution in [2.45, 2.75) is 24.6 Å². The van der Waals surface area contributed by atoms with E-state index in [0.29, 0.717) is 0 Å². The fraction of sp³-hybridized carbons (Fsp3) is 1.00. The van der Waals surface area contributed by atoms with Gasteiger partial charge in [0.2, 0.25) is 0 Å². The third-order valence-electron chi connectivity index (χ3n) is 1.01. The van der Waals surface area contributed by atoms with E-state index in [1.54, 1.807) is 0 Å². The van der Waals surface area contributed by atoms with Gasteiger partial charge in [-0.15, -0.1) is 0 Å². The first-order valence-electron chi connectivity index (χ1n) is 2.53. The van der Waals surface area contributed by atoms with Crippen molar-refractivity contribution >= 4 is 9.73 Å². The molecule has 0 aromatic carbocycles. The maximum atomic E-state index is 11.6. The summed E-state index contributed by atoms with van der Waals surface area (Å²) in [7, 11) is -4.41. The van der Waals surface area contributed by atoms with Crippen molar-refractivity contribution in [3.63, 3.8) is 0 Å². The summed E-state index contributed by atoms with van der Waals surface area (Å²) in [6.07, 6.45) is 0. The van der Waals surface area contributed by atoms with Gasteiger partial charge in [-0.25, -0.2) is 8.99 Å². The molecule has 0 aliphatic rings. The zero-order valence-corrected chi connectivity index (χ0v) is 6.34. The molecule has 62 valence electrons. The van der Waals surface area contributed by atoms with Gasteiger partial charge < -0.3 is 0 Å². The molecule has 0 aromatic heterocycles. The second kappa shape index (κ2) is 2.41. The number of hydrogen-bond donors (Lipinski definition) is 1. The fourth-order valence-electron chi connectivity index (χ4n) is 0.267. The fourth-order valence-corrected chi connectivity index (χ4v) is 0.802. The summed E-state index contributed by atoms with van der Waals surface area (Å²) in [5.41, 5.74) is -4.89. The molecule has 0 radical (unpaired) electrons. The first kappa shape index (κ1) is 9.74. The van der Waals surface area contributed by atoms with Gasteiger partial charge in [0.25, 0.3) is 0 Å². The van der Waals surface area contributed by atoms with E-state index in [2.05, 4.69) is 0 Å². The van der Waals surface area contributed by atoms with Crippen LogP contribution in [0.1, 0.15) is 13.8 Å². The van der Waals surface area contributed by atoms with Crippen molar-refractivity contribution in [1.82, 2.24) is 0 Å². The summed E-state index contributed by atoms with van der Waals surface area (Å²) in [4.78, 5) is 0. The second-order valence-corrected chi connectivity index (χ2v) is 4.70. The Hall–Kier alpha value is -0.260. The summed E-state index contributed by atoms with van der Waals surface area (Å²) in [6, 6.07) is 0. The van der Waals surface area contributed by atoms with Gasteiger partial charge in [0.1, 0.15) is 9.73 Å². The average molecular weight is 175 g/mol. The Morgan fingerprint density at radius 1 is 1.40 bits per heavy atom. The van der Waals surface area contributed by atoms with E-state index in [1.807, 2.05) is 0 Å². The van der Waals surface area contributed by atoms with Crippen molar-refractivity contribution in [3.8, 4) is 0 Å². The molecular weight excluding hydrogens is 167 g/mol. The molecule has 0 rings (SSSR count). The van der Waals surface area contributed by atoms with E-state index in [-0.39, 0.29) is 0 Å². The molecule has 0 spiro atoms. The lowest BCUT2D eigenvalue weighted by molar-refractivity contribution is -0.0412. The smallest absolute Gasteiger partial charge is 0.245 e. The normalized spacial score (nSPS) is 19.0. The molecule has 0 saturated heterocycles. The lowest BCUT2D eigenvalue weighted by atomic mass is 10.6. The van der Waals surface area contributed by atoms with Crippen molar-refractivity contribution in [3.05, 3.63) is 0 Å². The van der Waals surface area contributed by atoms with Gasteiger partial charge in [-0.1, -0.05) is 0 Å². The Labute approximate surface area is 57.4 Å². The van der Waals surface area contributed by atoms with Crippen LogP contribution in [-0.4, -0.2) is 15.0 Å². The topological polar surface area (TPSA) is 40.9 Å². The number of rotatable bonds is 1. The second-order valence-electron chi connectivity index (χ2n) is 2.10. The molecule has 2 nitrogen and oxygen atoms in total. The summed E-state index contributed by atoms with van der Waals surface area (Å²) < 4.78 is 51.7. The minimum Gasteiger partial charge on any atom is -0.245 e. The summed E-state index contributed by atoms with van der Waals surface area (Å²) in [5.74, 6) is 0. The standard InChI is InChI=1S/C4H8F3NOS/c1-3(2)10(8,9)4(5,6)7/h3,8H,1-2H3/t10-/m1/s1. The third kappa shape index (κ3) is 1.62. The lowest BCUT2D eigenvalue weighted by Gasteiger charge is -2.13. The third-order valence-corrected chi connectivity index (χ3v) is 3.02. The zero-order chi connectivity index (χ0) is 8.58. The molecule has 10 heavy (non-hydrogen) atoms. The van der Waals surface area contributed by atoms with Gasteiger partial charge in [-0.3, -0.25) is 0 Å². The molecule has 0 aromatic rings. The molecule has 0 amide bonds. The van der Waals surface area contributed by atoms with Crippen molar-refractivity contribution in [2.24, 2.45) is 0 Å². The maximum absolute atomic E-state index is 11.6. The van der Waals surface area contributed by atoms with E-state index in [4.69, 9.17) is 4.78 Å². The monoisotopic (exact) mass is 175 g/mol. The minimum atomic E-state index is -4.89. The first-order valence-corrected chi connectivity index (χ1v) is 4.15. The number of halogens is 3. The van der Waals surface area contributed by atoms with Crippen LogP contribution >= 0.6 is 0 Å². The Kier molecular flexibility index (Phi) is 2.35. The van der Waals surface area contributed by atoms with Crippen molar-refractivity contribution in [2.75, 3.05) is 0 Å². The zero-order valence-electron chi connectivity index (χ0n) is 5.53. The minimum absolute atomic E-state index is 1.11. The molecule has 0 aliphatic carbocycles. The van der Waals surface area contributed by atoms with Gasteiger partial charge in [0.15, 0.2) is 0 Å². The summed E-state index contributed by atoms with van der Waals surface area (Å²) in [6.45, 7) is 2.23. The van der Waals surface area contributed by atoms with Crippen molar-refractivity contribution < 1.29 is 17.4 Å². The van der Waals surface area contributed by atoms with Crippen LogP contribution in [0.5, 0.6) is 0 Å². The lowest BCUT2D eigenvalue weighted by Crippen LogP contribution is -2.29. The van der Waals surface area contributed by atoms with Gasteiger partial charge in [0, 0.05) is 5.25 Å². The molecule has 1 atom stereocenters. The summed E-state index contributed by atoms with van der Waals surface area (Å²) in [5, 5.41) is -1.17. The van der Waals surface area contributed by atoms with E-state index >= 15 is 0 Å². The highest BCUT2D eigenvalue weighted by atomic mass is 32.2. The van der Waals surface area contributed by atoms with E-state index in [0.717, 1.165) is 13.8 Å². The number of hydrogen-bond acceptors (Lipinski definition) is 2. The van der Waals surface area contributed by atoms with Crippen LogP contribution in [0, 0.1) is 4.78 Å². The average Bonchev–Trinajstić information content (AvgIpc) is 1.62. The van der Waals surface area contributed by atoms with E-state index < -0.39 is 20.5 Å². The quantitative estimate of drug-likeness (QED) is 0.650. The highest BCUT2D eigenvalue weighted by Crippen LogP contribution is 2.27. The Bertz CT molecular complexity index is 203. The van der Waals surface area contributed by atoms with Crippen molar-refractivity contribution in [1.29, 1.82) is 4.78 Å². The van der Waals surface area contributed by atoms with E-state index in [9.17, 15) is 17.4 Å². The van der Waals surface area contributed by atoms with Gasteiger partial charge >= 0.3 is 5.51 Å². The first-order chi connectivity index (χ1) is 4.19. The van der Waals surface area contributed by atoms with Crippen LogP contribution in [0.4, 0.5) is 13.2 Å². The molecule has 0 unspecified atom stereocenters. The van der Waals surface area contributed by atoms with E-state index in [1.165, 1.54) is 0 Å². The molecule has 0 bridgehead atoms. The van der Waals surface area contributed by atoms with Crippen LogP contribution in [0.3, 0.4) is 0 Å². The Morgan fingerprint density at radius 2 is 1.70 bits per heavy atom. The van der Waals surface area contributed by atoms with Crippen LogP contribution in [0.25, 0.3) is 0 Å². The van der Waals surface area contributed by atoms with Gasteiger partial charge in [0.05, 0.1) is 0 Å². The predicted octanol–water partition coefficient (Wildman–Crippen LogP) is 1.96.